The Morgan fingerprint density at radius 3 is 2.56 bits per heavy atom. The molecule has 0 bridgehead atoms. The lowest BCUT2D eigenvalue weighted by molar-refractivity contribution is 0.308. The molecule has 1 aliphatic carbocycles. The lowest BCUT2D eigenvalue weighted by Gasteiger charge is -2.26. The van der Waals surface area contributed by atoms with Crippen molar-refractivity contribution in [3.8, 4) is 17.0 Å². The highest BCUT2D eigenvalue weighted by Crippen LogP contribution is 2.35. The largest absolute Gasteiger partial charge is 0.493 e. The summed E-state index contributed by atoms with van der Waals surface area (Å²) in [7, 11) is 0. The van der Waals surface area contributed by atoms with Crippen LogP contribution in [0.3, 0.4) is 0 Å². The summed E-state index contributed by atoms with van der Waals surface area (Å²) < 4.78 is 20.0. The van der Waals surface area contributed by atoms with Crippen LogP contribution in [0.5, 0.6) is 5.75 Å². The van der Waals surface area contributed by atoms with Gasteiger partial charge in [0.05, 0.1) is 12.3 Å². The molecule has 1 heterocycles. The highest BCUT2D eigenvalue weighted by Gasteiger charge is 2.20. The summed E-state index contributed by atoms with van der Waals surface area (Å²) >= 11 is 0. The molecule has 0 spiro atoms. The Kier molecular flexibility index (Phi) is 6.06. The highest BCUT2D eigenvalue weighted by molar-refractivity contribution is 5.61. The normalized spacial score (nSPS) is 20.4. The maximum absolute atomic E-state index is 14.4. The average Bonchev–Trinajstić information content (AvgIpc) is 2.63. The van der Waals surface area contributed by atoms with Gasteiger partial charge in [0, 0.05) is 17.8 Å². The van der Waals surface area contributed by atoms with E-state index < -0.39 is 0 Å². The van der Waals surface area contributed by atoms with E-state index in [1.165, 1.54) is 37.3 Å². The van der Waals surface area contributed by atoms with E-state index in [1.54, 1.807) is 6.07 Å². The summed E-state index contributed by atoms with van der Waals surface area (Å²) in [4.78, 5) is 4.53. The third-order valence-electron chi connectivity index (χ3n) is 5.26. The minimum atomic E-state index is -0.277. The fourth-order valence-electron chi connectivity index (χ4n) is 3.53. The second kappa shape index (κ2) is 8.46. The molecule has 3 rings (SSSR count). The number of pyridine rings is 1. The topological polar surface area (TPSA) is 22.1 Å². The molecule has 3 heteroatoms. The number of rotatable bonds is 6. The first kappa shape index (κ1) is 17.9. The minimum absolute atomic E-state index is 0.277. The van der Waals surface area contributed by atoms with Gasteiger partial charge >= 0.3 is 0 Å². The van der Waals surface area contributed by atoms with Crippen LogP contribution in [0.25, 0.3) is 11.3 Å². The van der Waals surface area contributed by atoms with Crippen LogP contribution in [-0.2, 0) is 0 Å². The van der Waals surface area contributed by atoms with Gasteiger partial charge < -0.3 is 4.74 Å². The molecule has 0 saturated heterocycles. The van der Waals surface area contributed by atoms with Crippen molar-refractivity contribution < 1.29 is 9.13 Å². The summed E-state index contributed by atoms with van der Waals surface area (Å²) in [6, 6.07) is 9.12. The van der Waals surface area contributed by atoms with Crippen LogP contribution in [-0.4, -0.2) is 11.6 Å². The van der Waals surface area contributed by atoms with Crippen molar-refractivity contribution in [2.45, 2.75) is 58.3 Å². The van der Waals surface area contributed by atoms with Crippen LogP contribution in [0, 0.1) is 11.7 Å². The van der Waals surface area contributed by atoms with Gasteiger partial charge in [-0.2, -0.15) is 0 Å². The molecule has 0 N–H and O–H groups in total. The summed E-state index contributed by atoms with van der Waals surface area (Å²) in [6.07, 6.45) is 9.03. The number of halogens is 1. The molecule has 1 saturated carbocycles. The molecule has 1 aromatic heterocycles. The zero-order chi connectivity index (χ0) is 17.6. The van der Waals surface area contributed by atoms with Crippen LogP contribution >= 0.6 is 0 Å². The van der Waals surface area contributed by atoms with E-state index in [0.29, 0.717) is 29.5 Å². The molecular weight excluding hydrogens is 313 g/mol. The Morgan fingerprint density at radius 2 is 1.92 bits per heavy atom. The molecule has 0 atom stereocenters. The molecule has 25 heavy (non-hydrogen) atoms. The lowest BCUT2D eigenvalue weighted by Crippen LogP contribution is -2.11. The zero-order valence-electron chi connectivity index (χ0n) is 15.3. The van der Waals surface area contributed by atoms with Crippen LogP contribution in [0.15, 0.2) is 36.5 Å². The molecule has 134 valence electrons. The van der Waals surface area contributed by atoms with Crippen molar-refractivity contribution in [2.24, 2.45) is 5.92 Å². The Balaban J connectivity index is 1.69. The Hall–Kier alpha value is -1.90. The van der Waals surface area contributed by atoms with E-state index in [9.17, 15) is 4.39 Å². The van der Waals surface area contributed by atoms with Gasteiger partial charge in [-0.1, -0.05) is 39.2 Å². The molecule has 1 aliphatic rings. The van der Waals surface area contributed by atoms with Gasteiger partial charge in [0.1, 0.15) is 11.6 Å². The van der Waals surface area contributed by atoms with E-state index in [-0.39, 0.29) is 5.82 Å². The molecule has 1 fully saturated rings. The number of hydrogen-bond acceptors (Lipinski definition) is 2. The van der Waals surface area contributed by atoms with Crippen molar-refractivity contribution in [3.05, 3.63) is 47.9 Å². The Bertz CT molecular complexity index is 675. The molecule has 0 amide bonds. The summed E-state index contributed by atoms with van der Waals surface area (Å²) in [5.74, 6) is 1.76. The molecule has 2 nitrogen and oxygen atoms in total. The number of unbranched alkanes of at least 4 members (excludes halogenated alkanes) is 1. The van der Waals surface area contributed by atoms with Crippen molar-refractivity contribution in [1.82, 2.24) is 4.98 Å². The van der Waals surface area contributed by atoms with Gasteiger partial charge in [-0.3, -0.25) is 4.98 Å². The van der Waals surface area contributed by atoms with Gasteiger partial charge in [0.2, 0.25) is 0 Å². The zero-order valence-corrected chi connectivity index (χ0v) is 15.3. The fourth-order valence-corrected chi connectivity index (χ4v) is 3.53. The third-order valence-corrected chi connectivity index (χ3v) is 5.26. The van der Waals surface area contributed by atoms with E-state index >= 15 is 0 Å². The van der Waals surface area contributed by atoms with Crippen LogP contribution in [0.1, 0.15) is 63.9 Å². The standard InChI is InChI=1S/C22H28FNO/c1-3-4-13-25-19-10-11-20(21(23)14-19)22-12-9-18(15-24-22)17-7-5-16(2)6-8-17/h9-12,14-17H,3-8,13H2,1-2H3. The predicted molar refractivity (Wildman–Crippen MR) is 100 cm³/mol. The number of ether oxygens (including phenoxy) is 1. The molecule has 0 aliphatic heterocycles. The average molecular weight is 341 g/mol. The first-order valence-corrected chi connectivity index (χ1v) is 9.56. The van der Waals surface area contributed by atoms with Crippen molar-refractivity contribution >= 4 is 0 Å². The maximum Gasteiger partial charge on any atom is 0.136 e. The van der Waals surface area contributed by atoms with Crippen LogP contribution < -0.4 is 4.74 Å². The second-order valence-electron chi connectivity index (χ2n) is 7.28. The van der Waals surface area contributed by atoms with Crippen LogP contribution in [0.2, 0.25) is 0 Å². The summed E-state index contributed by atoms with van der Waals surface area (Å²) in [6.45, 7) is 5.06. The monoisotopic (exact) mass is 341 g/mol. The predicted octanol–water partition coefficient (Wildman–Crippen LogP) is 6.36. The van der Waals surface area contributed by atoms with Gasteiger partial charge in [-0.25, -0.2) is 4.39 Å². The Labute approximate surface area is 150 Å². The highest BCUT2D eigenvalue weighted by atomic mass is 19.1. The Morgan fingerprint density at radius 1 is 1.12 bits per heavy atom. The molecule has 1 aromatic carbocycles. The smallest absolute Gasteiger partial charge is 0.136 e. The molecular formula is C22H28FNO. The number of hydrogen-bond donors (Lipinski definition) is 0. The van der Waals surface area contributed by atoms with Gasteiger partial charge in [-0.15, -0.1) is 0 Å². The number of aromatic nitrogens is 1. The minimum Gasteiger partial charge on any atom is -0.493 e. The fraction of sp³-hybridized carbons (Fsp3) is 0.500. The summed E-state index contributed by atoms with van der Waals surface area (Å²) in [5.41, 5.74) is 2.51. The van der Waals surface area contributed by atoms with Gasteiger partial charge in [0.25, 0.3) is 0 Å². The van der Waals surface area contributed by atoms with E-state index in [0.717, 1.165) is 18.8 Å². The van der Waals surface area contributed by atoms with E-state index in [1.807, 2.05) is 18.3 Å². The first-order chi connectivity index (χ1) is 12.2. The first-order valence-electron chi connectivity index (χ1n) is 9.56. The summed E-state index contributed by atoms with van der Waals surface area (Å²) in [5, 5.41) is 0. The quantitative estimate of drug-likeness (QED) is 0.570. The molecule has 0 radical (unpaired) electrons. The number of nitrogens with zero attached hydrogens (tertiary/aromatic N) is 1. The third kappa shape index (κ3) is 4.59. The van der Waals surface area contributed by atoms with E-state index in [4.69, 9.17) is 4.74 Å². The maximum atomic E-state index is 14.4. The van der Waals surface area contributed by atoms with Gasteiger partial charge in [-0.05, 0) is 54.9 Å². The van der Waals surface area contributed by atoms with E-state index in [2.05, 4.69) is 24.9 Å². The van der Waals surface area contributed by atoms with Crippen LogP contribution in [0.4, 0.5) is 4.39 Å². The second-order valence-corrected chi connectivity index (χ2v) is 7.28. The van der Waals surface area contributed by atoms with Crippen molar-refractivity contribution in [3.63, 3.8) is 0 Å². The molecule has 2 aromatic rings. The number of benzene rings is 1. The lowest BCUT2D eigenvalue weighted by atomic mass is 9.80. The van der Waals surface area contributed by atoms with Gasteiger partial charge in [0.15, 0.2) is 0 Å². The van der Waals surface area contributed by atoms with Crippen molar-refractivity contribution in [2.75, 3.05) is 6.61 Å². The molecule has 0 unspecified atom stereocenters. The van der Waals surface area contributed by atoms with Crippen molar-refractivity contribution in [1.29, 1.82) is 0 Å². The SMILES string of the molecule is CCCCOc1ccc(-c2ccc(C3CCC(C)CC3)cn2)c(F)c1.